The van der Waals surface area contributed by atoms with Crippen molar-refractivity contribution in [3.8, 4) is 11.5 Å². The number of aryl methyl sites for hydroxylation is 2. The highest BCUT2D eigenvalue weighted by Gasteiger charge is 2.20. The standard InChI is InChI=1S/C27H39O5P/c1-8-29-12-14-31-22-10-11-24(23(18-22)32-15-13-30-9-2)33-26(28)25-19(3)16-21(17-20(25)4)27(5,6)7/h10-11,16-18,33H,8-9,12-15H2,1-7H3. The Morgan fingerprint density at radius 3 is 1.97 bits per heavy atom. The fraction of sp³-hybridized carbons (Fsp3) is 0.519. The molecule has 0 bridgehead atoms. The third-order valence-electron chi connectivity index (χ3n) is 5.22. The molecular formula is C27H39O5P. The van der Waals surface area contributed by atoms with Crippen molar-refractivity contribution in [3.63, 3.8) is 0 Å². The summed E-state index contributed by atoms with van der Waals surface area (Å²) in [6.45, 7) is 17.7. The zero-order chi connectivity index (χ0) is 24.4. The average Bonchev–Trinajstić information content (AvgIpc) is 2.74. The first kappa shape index (κ1) is 27.3. The van der Waals surface area contributed by atoms with Crippen molar-refractivity contribution in [1.82, 2.24) is 0 Å². The van der Waals surface area contributed by atoms with Crippen LogP contribution in [0.25, 0.3) is 0 Å². The van der Waals surface area contributed by atoms with Gasteiger partial charge in [0.1, 0.15) is 24.7 Å². The minimum absolute atomic E-state index is 0.0406. The van der Waals surface area contributed by atoms with E-state index in [2.05, 4.69) is 32.9 Å². The predicted molar refractivity (Wildman–Crippen MR) is 137 cm³/mol. The molecule has 0 aliphatic heterocycles. The zero-order valence-electron chi connectivity index (χ0n) is 21.2. The lowest BCUT2D eigenvalue weighted by atomic mass is 9.84. The van der Waals surface area contributed by atoms with E-state index < -0.39 is 0 Å². The Morgan fingerprint density at radius 2 is 1.42 bits per heavy atom. The highest BCUT2D eigenvalue weighted by Crippen LogP contribution is 2.32. The van der Waals surface area contributed by atoms with Crippen molar-refractivity contribution < 1.29 is 23.7 Å². The van der Waals surface area contributed by atoms with Crippen molar-refractivity contribution in [2.24, 2.45) is 0 Å². The first-order valence-electron chi connectivity index (χ1n) is 11.7. The summed E-state index contributed by atoms with van der Waals surface area (Å²) in [7, 11) is -0.0433. The van der Waals surface area contributed by atoms with Crippen molar-refractivity contribution in [3.05, 3.63) is 52.6 Å². The fourth-order valence-corrected chi connectivity index (χ4v) is 4.67. The number of benzene rings is 2. The van der Waals surface area contributed by atoms with Gasteiger partial charge in [0.25, 0.3) is 0 Å². The van der Waals surface area contributed by atoms with E-state index in [1.54, 1.807) is 0 Å². The molecule has 5 nitrogen and oxygen atoms in total. The molecule has 33 heavy (non-hydrogen) atoms. The molecule has 0 radical (unpaired) electrons. The van der Waals surface area contributed by atoms with Gasteiger partial charge in [0.2, 0.25) is 0 Å². The van der Waals surface area contributed by atoms with Crippen molar-refractivity contribution in [2.75, 3.05) is 39.6 Å². The van der Waals surface area contributed by atoms with Crippen LogP contribution in [0, 0.1) is 13.8 Å². The lowest BCUT2D eigenvalue weighted by molar-refractivity contribution is 0.107. The summed E-state index contributed by atoms with van der Waals surface area (Å²) in [5.41, 5.74) is 4.24. The molecule has 0 aliphatic carbocycles. The summed E-state index contributed by atoms with van der Waals surface area (Å²) in [5, 5.41) is 0.868. The van der Waals surface area contributed by atoms with Crippen LogP contribution in [0.2, 0.25) is 0 Å². The molecule has 0 heterocycles. The highest BCUT2D eigenvalue weighted by atomic mass is 31.1. The van der Waals surface area contributed by atoms with Gasteiger partial charge in [-0.1, -0.05) is 32.9 Å². The van der Waals surface area contributed by atoms with Crippen LogP contribution in [0.15, 0.2) is 30.3 Å². The first-order valence-corrected chi connectivity index (χ1v) is 12.7. The Kier molecular flexibility index (Phi) is 10.8. The summed E-state index contributed by atoms with van der Waals surface area (Å²) < 4.78 is 22.5. The number of carbonyl (C=O) groups is 1. The van der Waals surface area contributed by atoms with Gasteiger partial charge in [-0.3, -0.25) is 4.79 Å². The van der Waals surface area contributed by atoms with E-state index in [0.717, 1.165) is 22.0 Å². The van der Waals surface area contributed by atoms with E-state index in [4.69, 9.17) is 18.9 Å². The molecule has 0 aliphatic rings. The third-order valence-corrected chi connectivity index (χ3v) is 6.38. The maximum Gasteiger partial charge on any atom is 0.186 e. The number of rotatable bonds is 13. The minimum Gasteiger partial charge on any atom is -0.491 e. The van der Waals surface area contributed by atoms with Crippen LogP contribution in [-0.2, 0) is 14.9 Å². The first-order chi connectivity index (χ1) is 15.7. The predicted octanol–water partition coefficient (Wildman–Crippen LogP) is 5.58. The van der Waals surface area contributed by atoms with Crippen molar-refractivity contribution in [1.29, 1.82) is 0 Å². The van der Waals surface area contributed by atoms with Crippen LogP contribution in [-0.4, -0.2) is 45.2 Å². The number of hydrogen-bond donors (Lipinski definition) is 0. The quantitative estimate of drug-likeness (QED) is 0.280. The number of ether oxygens (including phenoxy) is 4. The van der Waals surface area contributed by atoms with E-state index in [1.807, 2.05) is 45.9 Å². The van der Waals surface area contributed by atoms with Gasteiger partial charge in [0, 0.05) is 30.1 Å². The Morgan fingerprint density at radius 1 is 0.848 bits per heavy atom. The van der Waals surface area contributed by atoms with E-state index >= 15 is 0 Å². The summed E-state index contributed by atoms with van der Waals surface area (Å²) in [6, 6.07) is 9.95. The largest absolute Gasteiger partial charge is 0.491 e. The van der Waals surface area contributed by atoms with Gasteiger partial charge in [-0.2, -0.15) is 0 Å². The lowest BCUT2D eigenvalue weighted by Crippen LogP contribution is -2.15. The second-order valence-corrected chi connectivity index (χ2v) is 10.2. The van der Waals surface area contributed by atoms with E-state index in [-0.39, 0.29) is 19.5 Å². The molecule has 1 unspecified atom stereocenters. The monoisotopic (exact) mass is 474 g/mol. The Bertz CT molecular complexity index is 894. The maximum absolute atomic E-state index is 13.4. The average molecular weight is 475 g/mol. The fourth-order valence-electron chi connectivity index (χ4n) is 3.47. The van der Waals surface area contributed by atoms with Gasteiger partial charge in [0.15, 0.2) is 5.52 Å². The van der Waals surface area contributed by atoms with Gasteiger partial charge >= 0.3 is 0 Å². The molecule has 0 aromatic heterocycles. The van der Waals surface area contributed by atoms with Crippen LogP contribution in [0.5, 0.6) is 11.5 Å². The highest BCUT2D eigenvalue weighted by molar-refractivity contribution is 7.66. The molecule has 0 amide bonds. The summed E-state index contributed by atoms with van der Waals surface area (Å²) in [6.07, 6.45) is 0. The second-order valence-electron chi connectivity index (χ2n) is 8.94. The summed E-state index contributed by atoms with van der Waals surface area (Å²) >= 11 is 0. The molecule has 2 aromatic carbocycles. The second kappa shape index (κ2) is 13.1. The Hall–Kier alpha value is -1.94. The molecular weight excluding hydrogens is 435 g/mol. The molecule has 0 spiro atoms. The summed E-state index contributed by atoms with van der Waals surface area (Å²) in [5.74, 6) is 1.36. The molecule has 1 atom stereocenters. The van der Waals surface area contributed by atoms with Gasteiger partial charge in [-0.05, 0) is 70.5 Å². The topological polar surface area (TPSA) is 54.0 Å². The zero-order valence-corrected chi connectivity index (χ0v) is 22.2. The molecule has 0 N–H and O–H groups in total. The molecule has 6 heteroatoms. The number of carbonyl (C=O) groups excluding carboxylic acids is 1. The van der Waals surface area contributed by atoms with E-state index in [9.17, 15) is 4.79 Å². The van der Waals surface area contributed by atoms with Crippen LogP contribution in [0.3, 0.4) is 0 Å². The van der Waals surface area contributed by atoms with Crippen molar-refractivity contribution >= 4 is 19.4 Å². The molecule has 0 saturated heterocycles. The van der Waals surface area contributed by atoms with Gasteiger partial charge < -0.3 is 18.9 Å². The molecule has 0 saturated carbocycles. The summed E-state index contributed by atoms with van der Waals surface area (Å²) in [4.78, 5) is 13.4. The minimum atomic E-state index is -0.0433. The van der Waals surface area contributed by atoms with Crippen molar-refractivity contribution in [2.45, 2.75) is 53.9 Å². The van der Waals surface area contributed by atoms with E-state index in [1.165, 1.54) is 5.56 Å². The van der Waals surface area contributed by atoms with Crippen LogP contribution in [0.1, 0.15) is 61.7 Å². The molecule has 2 aromatic rings. The number of hydrogen-bond acceptors (Lipinski definition) is 5. The normalized spacial score (nSPS) is 11.8. The molecule has 2 rings (SSSR count). The van der Waals surface area contributed by atoms with Gasteiger partial charge in [0.05, 0.1) is 13.2 Å². The maximum atomic E-state index is 13.4. The van der Waals surface area contributed by atoms with Gasteiger partial charge in [-0.15, -0.1) is 0 Å². The van der Waals surface area contributed by atoms with Gasteiger partial charge in [-0.25, -0.2) is 0 Å². The Balaban J connectivity index is 2.24. The van der Waals surface area contributed by atoms with Crippen LogP contribution < -0.4 is 14.8 Å². The molecule has 0 fully saturated rings. The van der Waals surface area contributed by atoms with Crippen LogP contribution >= 0.6 is 8.58 Å². The lowest BCUT2D eigenvalue weighted by Gasteiger charge is -2.22. The molecule has 182 valence electrons. The third kappa shape index (κ3) is 8.41. The van der Waals surface area contributed by atoms with E-state index in [0.29, 0.717) is 51.1 Å². The Labute approximate surface area is 200 Å². The van der Waals surface area contributed by atoms with Crippen LogP contribution in [0.4, 0.5) is 0 Å². The smallest absolute Gasteiger partial charge is 0.186 e. The SMILES string of the molecule is CCOCCOc1ccc(PC(=O)c2c(C)cc(C(C)(C)C)cc2C)c(OCCOCC)c1.